The Balaban J connectivity index is 2.16. The highest BCUT2D eigenvalue weighted by Gasteiger charge is 2.13. The molecule has 0 aliphatic heterocycles. The van der Waals surface area contributed by atoms with Crippen LogP contribution in [0.4, 0.5) is 0 Å². The number of hydrogen-bond acceptors (Lipinski definition) is 2. The van der Waals surface area contributed by atoms with E-state index in [0.717, 1.165) is 54.2 Å². The van der Waals surface area contributed by atoms with Crippen LogP contribution in [0.2, 0.25) is 0 Å². The maximum absolute atomic E-state index is 6.38. The van der Waals surface area contributed by atoms with E-state index in [2.05, 4.69) is 64.0 Å². The molecular weight excluding hydrogens is 416 g/mol. The molecule has 0 aliphatic rings. The van der Waals surface area contributed by atoms with E-state index in [4.69, 9.17) is 15.9 Å². The predicted octanol–water partition coefficient (Wildman–Crippen LogP) is 9.03. The largest absolute Gasteiger partial charge is 0.489 e. The zero-order chi connectivity index (χ0) is 24.6. The lowest BCUT2D eigenvalue weighted by Gasteiger charge is -2.20. The number of unbranched alkanes of at least 4 members (excludes halogenated alkanes) is 2. The van der Waals surface area contributed by atoms with Gasteiger partial charge < -0.3 is 9.47 Å². The van der Waals surface area contributed by atoms with Gasteiger partial charge in [-0.15, -0.1) is 6.42 Å². The van der Waals surface area contributed by atoms with Crippen molar-refractivity contribution in [2.45, 2.75) is 79.1 Å². The Morgan fingerprint density at radius 3 is 1.79 bits per heavy atom. The number of benzene rings is 2. The Hall–Kier alpha value is -2.66. The normalized spacial score (nSPS) is 12.9. The molecule has 0 N–H and O–H groups in total. The van der Waals surface area contributed by atoms with Gasteiger partial charge in [0.2, 0.25) is 0 Å². The molecule has 0 aliphatic carbocycles. The van der Waals surface area contributed by atoms with Crippen LogP contribution >= 0.6 is 0 Å². The summed E-state index contributed by atoms with van der Waals surface area (Å²) in [4.78, 5) is 0. The first kappa shape index (κ1) is 27.6. The molecule has 2 atom stereocenters. The molecule has 0 fully saturated rings. The Kier molecular flexibility index (Phi) is 13.0. The average molecular weight is 461 g/mol. The highest BCUT2D eigenvalue weighted by Crippen LogP contribution is 2.31. The van der Waals surface area contributed by atoms with Gasteiger partial charge in [0.05, 0.1) is 13.2 Å². The zero-order valence-electron chi connectivity index (χ0n) is 21.8. The number of rotatable bonds is 16. The van der Waals surface area contributed by atoms with Crippen LogP contribution in [0.3, 0.4) is 0 Å². The van der Waals surface area contributed by atoms with E-state index >= 15 is 0 Å². The van der Waals surface area contributed by atoms with Gasteiger partial charge in [-0.3, -0.25) is 0 Å². The molecule has 0 saturated heterocycles. The van der Waals surface area contributed by atoms with Crippen molar-refractivity contribution in [1.82, 2.24) is 0 Å². The van der Waals surface area contributed by atoms with Crippen molar-refractivity contribution < 1.29 is 9.47 Å². The highest BCUT2D eigenvalue weighted by molar-refractivity contribution is 5.71. The maximum atomic E-state index is 6.38. The molecule has 0 amide bonds. The van der Waals surface area contributed by atoms with Gasteiger partial charge in [-0.2, -0.15) is 0 Å². The van der Waals surface area contributed by atoms with E-state index in [1.165, 1.54) is 38.5 Å². The Morgan fingerprint density at radius 2 is 1.26 bits per heavy atom. The molecule has 2 rings (SSSR count). The Bertz CT molecular complexity index is 888. The van der Waals surface area contributed by atoms with Crippen molar-refractivity contribution in [2.75, 3.05) is 13.2 Å². The Labute approximate surface area is 208 Å². The van der Waals surface area contributed by atoms with Crippen molar-refractivity contribution in [3.05, 3.63) is 59.2 Å². The standard InChI is InChI=1S/C32H44O2/c1-6-11-13-27(9-4)24-33-31-22-21-30(20-19-29-17-15-26(8-3)16-18-29)23-32(31)34-25-28(10-5)14-12-7-2/h3,15-23,27-28H,6-7,9-14,24-25H2,1-2,4-5H3/b20-19+. The summed E-state index contributed by atoms with van der Waals surface area (Å²) in [5.41, 5.74) is 3.12. The fourth-order valence-corrected chi connectivity index (χ4v) is 3.95. The van der Waals surface area contributed by atoms with Crippen molar-refractivity contribution in [1.29, 1.82) is 0 Å². The van der Waals surface area contributed by atoms with Gasteiger partial charge >= 0.3 is 0 Å². The topological polar surface area (TPSA) is 18.5 Å². The second kappa shape index (κ2) is 16.0. The van der Waals surface area contributed by atoms with Crippen LogP contribution in [0.25, 0.3) is 12.2 Å². The van der Waals surface area contributed by atoms with Gasteiger partial charge in [-0.1, -0.05) is 102 Å². The number of hydrogen-bond donors (Lipinski definition) is 0. The molecule has 0 bridgehead atoms. The molecular formula is C32H44O2. The predicted molar refractivity (Wildman–Crippen MR) is 147 cm³/mol. The molecule has 34 heavy (non-hydrogen) atoms. The van der Waals surface area contributed by atoms with Crippen LogP contribution in [0, 0.1) is 24.2 Å². The minimum Gasteiger partial charge on any atom is -0.489 e. The lowest BCUT2D eigenvalue weighted by Crippen LogP contribution is -2.14. The third-order valence-corrected chi connectivity index (χ3v) is 6.55. The minimum atomic E-state index is 0.578. The van der Waals surface area contributed by atoms with Crippen molar-refractivity contribution >= 4 is 12.2 Å². The molecule has 2 heteroatoms. The fraction of sp³-hybridized carbons (Fsp3) is 0.500. The van der Waals surface area contributed by atoms with E-state index < -0.39 is 0 Å². The smallest absolute Gasteiger partial charge is 0.161 e. The second-order valence-corrected chi connectivity index (χ2v) is 9.26. The third kappa shape index (κ3) is 9.68. The summed E-state index contributed by atoms with van der Waals surface area (Å²) in [6, 6.07) is 14.3. The third-order valence-electron chi connectivity index (χ3n) is 6.55. The van der Waals surface area contributed by atoms with Crippen LogP contribution in [-0.4, -0.2) is 13.2 Å². The van der Waals surface area contributed by atoms with Crippen molar-refractivity contribution in [3.63, 3.8) is 0 Å². The van der Waals surface area contributed by atoms with Crippen LogP contribution < -0.4 is 9.47 Å². The molecule has 0 radical (unpaired) electrons. The van der Waals surface area contributed by atoms with Gasteiger partial charge in [-0.05, 0) is 60.1 Å². The van der Waals surface area contributed by atoms with Gasteiger partial charge in [-0.25, -0.2) is 0 Å². The summed E-state index contributed by atoms with van der Waals surface area (Å²) in [6.45, 7) is 10.5. The molecule has 2 nitrogen and oxygen atoms in total. The molecule has 0 saturated carbocycles. The highest BCUT2D eigenvalue weighted by atomic mass is 16.5. The van der Waals surface area contributed by atoms with Crippen LogP contribution in [0.5, 0.6) is 11.5 Å². The van der Waals surface area contributed by atoms with E-state index in [-0.39, 0.29) is 0 Å². The Morgan fingerprint density at radius 1 is 0.735 bits per heavy atom. The summed E-state index contributed by atoms with van der Waals surface area (Å²) in [7, 11) is 0. The maximum Gasteiger partial charge on any atom is 0.161 e. The zero-order valence-corrected chi connectivity index (χ0v) is 21.8. The van der Waals surface area contributed by atoms with E-state index in [1.54, 1.807) is 0 Å². The quantitative estimate of drug-likeness (QED) is 0.184. The molecule has 0 heterocycles. The first-order chi connectivity index (χ1) is 16.6. The van der Waals surface area contributed by atoms with Gasteiger partial charge in [0, 0.05) is 5.56 Å². The lowest BCUT2D eigenvalue weighted by molar-refractivity contribution is 0.199. The van der Waals surface area contributed by atoms with Gasteiger partial charge in [0.1, 0.15) is 0 Å². The van der Waals surface area contributed by atoms with Crippen molar-refractivity contribution in [3.8, 4) is 23.8 Å². The minimum absolute atomic E-state index is 0.578. The number of ether oxygens (including phenoxy) is 2. The first-order valence-electron chi connectivity index (χ1n) is 13.3. The fourth-order valence-electron chi connectivity index (χ4n) is 3.95. The van der Waals surface area contributed by atoms with Crippen molar-refractivity contribution in [2.24, 2.45) is 11.8 Å². The van der Waals surface area contributed by atoms with E-state index in [1.807, 2.05) is 24.3 Å². The SMILES string of the molecule is C#Cc1ccc(/C=C/c2ccc(OCC(CC)CCCC)c(OCC(CC)CCCC)c2)cc1. The molecule has 2 aromatic rings. The average Bonchev–Trinajstić information content (AvgIpc) is 2.88. The molecule has 2 unspecified atom stereocenters. The monoisotopic (exact) mass is 460 g/mol. The van der Waals surface area contributed by atoms with Crippen LogP contribution in [0.1, 0.15) is 95.8 Å². The summed E-state index contributed by atoms with van der Waals surface area (Å²) in [5, 5.41) is 0. The molecule has 184 valence electrons. The first-order valence-corrected chi connectivity index (χ1v) is 13.3. The van der Waals surface area contributed by atoms with Crippen LogP contribution in [0.15, 0.2) is 42.5 Å². The summed E-state index contributed by atoms with van der Waals surface area (Å²) in [5.74, 6) is 5.54. The van der Waals surface area contributed by atoms with E-state index in [9.17, 15) is 0 Å². The molecule has 0 aromatic heterocycles. The van der Waals surface area contributed by atoms with E-state index in [0.29, 0.717) is 11.8 Å². The lowest BCUT2D eigenvalue weighted by atomic mass is 10.0. The molecule has 2 aromatic carbocycles. The van der Waals surface area contributed by atoms with Gasteiger partial charge in [0.15, 0.2) is 11.5 Å². The summed E-state index contributed by atoms with van der Waals surface area (Å²) < 4.78 is 12.7. The number of terminal acetylenes is 1. The second-order valence-electron chi connectivity index (χ2n) is 9.26. The van der Waals surface area contributed by atoms with Crippen LogP contribution in [-0.2, 0) is 0 Å². The molecule has 0 spiro atoms. The summed E-state index contributed by atoms with van der Waals surface area (Å²) in [6.07, 6.45) is 19.4. The summed E-state index contributed by atoms with van der Waals surface area (Å²) >= 11 is 0. The van der Waals surface area contributed by atoms with Gasteiger partial charge in [0.25, 0.3) is 0 Å².